The summed E-state index contributed by atoms with van der Waals surface area (Å²) in [5, 5.41) is 2.49. The summed E-state index contributed by atoms with van der Waals surface area (Å²) in [5.74, 6) is 0. The van der Waals surface area contributed by atoms with Gasteiger partial charge in [-0.2, -0.15) is 13.2 Å². The van der Waals surface area contributed by atoms with Gasteiger partial charge < -0.3 is 4.74 Å². The minimum atomic E-state index is -4.39. The Kier molecular flexibility index (Phi) is 6.52. The van der Waals surface area contributed by atoms with Gasteiger partial charge >= 0.3 is 12.3 Å². The number of hydrogen-bond donors (Lipinski definition) is 1. The van der Waals surface area contributed by atoms with E-state index < -0.39 is 17.8 Å². The molecule has 0 aromatic heterocycles. The molecule has 0 saturated heterocycles. The van der Waals surface area contributed by atoms with Crippen molar-refractivity contribution in [1.29, 1.82) is 0 Å². The minimum Gasteiger partial charge on any atom is -0.450 e. The van der Waals surface area contributed by atoms with Gasteiger partial charge in [-0.05, 0) is 43.5 Å². The monoisotopic (exact) mass is 303 g/mol. The molecule has 0 unspecified atom stereocenters. The summed E-state index contributed by atoms with van der Waals surface area (Å²) in [7, 11) is 0. The number of ether oxygens (including phenoxy) is 1. The normalized spacial score (nSPS) is 11.3. The van der Waals surface area contributed by atoms with Crippen molar-refractivity contribution in [3.8, 4) is 0 Å². The van der Waals surface area contributed by atoms with E-state index in [0.717, 1.165) is 31.4 Å². The standard InChI is InChI=1S/C15H20F3NO2/c1-3-5-6-7-11-10-12(15(16,17)18)8-9-13(11)19-14(20)21-4-2/h8-10H,3-7H2,1-2H3,(H,19,20). The Labute approximate surface area is 122 Å². The maximum Gasteiger partial charge on any atom is 0.416 e. The number of rotatable bonds is 6. The highest BCUT2D eigenvalue weighted by atomic mass is 19.4. The Morgan fingerprint density at radius 1 is 1.24 bits per heavy atom. The van der Waals surface area contributed by atoms with Crippen LogP contribution >= 0.6 is 0 Å². The van der Waals surface area contributed by atoms with Crippen molar-refractivity contribution in [3.63, 3.8) is 0 Å². The Morgan fingerprint density at radius 3 is 2.52 bits per heavy atom. The molecule has 0 heterocycles. The van der Waals surface area contributed by atoms with Crippen LogP contribution in [-0.2, 0) is 17.3 Å². The number of alkyl halides is 3. The molecule has 0 bridgehead atoms. The number of anilines is 1. The van der Waals surface area contributed by atoms with E-state index in [-0.39, 0.29) is 6.61 Å². The lowest BCUT2D eigenvalue weighted by molar-refractivity contribution is -0.137. The average Bonchev–Trinajstić information content (AvgIpc) is 2.39. The predicted molar refractivity (Wildman–Crippen MR) is 75.3 cm³/mol. The maximum absolute atomic E-state index is 12.8. The second-order valence-corrected chi connectivity index (χ2v) is 4.67. The van der Waals surface area contributed by atoms with E-state index in [1.807, 2.05) is 6.92 Å². The molecule has 0 aliphatic carbocycles. The van der Waals surface area contributed by atoms with E-state index in [1.165, 1.54) is 6.07 Å². The van der Waals surface area contributed by atoms with E-state index in [9.17, 15) is 18.0 Å². The molecule has 1 aromatic rings. The summed E-state index contributed by atoms with van der Waals surface area (Å²) >= 11 is 0. The smallest absolute Gasteiger partial charge is 0.416 e. The van der Waals surface area contributed by atoms with Gasteiger partial charge in [0.1, 0.15) is 0 Å². The Bertz CT molecular complexity index is 472. The fourth-order valence-corrected chi connectivity index (χ4v) is 1.94. The van der Waals surface area contributed by atoms with Gasteiger partial charge in [0, 0.05) is 5.69 Å². The molecule has 1 N–H and O–H groups in total. The van der Waals surface area contributed by atoms with Crippen molar-refractivity contribution in [1.82, 2.24) is 0 Å². The number of benzene rings is 1. The SMILES string of the molecule is CCCCCc1cc(C(F)(F)F)ccc1NC(=O)OCC. The average molecular weight is 303 g/mol. The first-order chi connectivity index (χ1) is 9.88. The first-order valence-electron chi connectivity index (χ1n) is 7.02. The van der Waals surface area contributed by atoms with Crippen molar-refractivity contribution in [2.75, 3.05) is 11.9 Å². The van der Waals surface area contributed by atoms with Gasteiger partial charge in [-0.1, -0.05) is 19.8 Å². The van der Waals surface area contributed by atoms with Crippen LogP contribution in [0.5, 0.6) is 0 Å². The molecule has 0 atom stereocenters. The fourth-order valence-electron chi connectivity index (χ4n) is 1.94. The summed E-state index contributed by atoms with van der Waals surface area (Å²) < 4.78 is 43.0. The van der Waals surface area contributed by atoms with Gasteiger partial charge in [0.2, 0.25) is 0 Å². The van der Waals surface area contributed by atoms with Gasteiger partial charge in [-0.25, -0.2) is 4.79 Å². The lowest BCUT2D eigenvalue weighted by Crippen LogP contribution is -2.15. The zero-order valence-electron chi connectivity index (χ0n) is 12.2. The molecule has 1 rings (SSSR count). The number of hydrogen-bond acceptors (Lipinski definition) is 2. The van der Waals surface area contributed by atoms with Crippen LogP contribution in [0.15, 0.2) is 18.2 Å². The number of carbonyl (C=O) groups is 1. The Balaban J connectivity index is 2.96. The van der Waals surface area contributed by atoms with Crippen molar-refractivity contribution >= 4 is 11.8 Å². The maximum atomic E-state index is 12.8. The predicted octanol–water partition coefficient (Wildman–Crippen LogP) is 5.01. The van der Waals surface area contributed by atoms with Gasteiger partial charge in [-0.3, -0.25) is 5.32 Å². The second-order valence-electron chi connectivity index (χ2n) is 4.67. The van der Waals surface area contributed by atoms with Gasteiger partial charge in [0.15, 0.2) is 0 Å². The lowest BCUT2D eigenvalue weighted by Gasteiger charge is -2.14. The topological polar surface area (TPSA) is 38.3 Å². The van der Waals surface area contributed by atoms with E-state index in [2.05, 4.69) is 5.32 Å². The van der Waals surface area contributed by atoms with Crippen molar-refractivity contribution in [2.45, 2.75) is 45.7 Å². The molecule has 0 spiro atoms. The van der Waals surface area contributed by atoms with Crippen molar-refractivity contribution < 1.29 is 22.7 Å². The molecule has 0 saturated carbocycles. The number of halogens is 3. The molecular formula is C15H20F3NO2. The van der Waals surface area contributed by atoms with Crippen molar-refractivity contribution in [3.05, 3.63) is 29.3 Å². The first kappa shape index (κ1) is 17.3. The third kappa shape index (κ3) is 5.65. The molecule has 0 radical (unpaired) electrons. The number of nitrogens with one attached hydrogen (secondary N) is 1. The quantitative estimate of drug-likeness (QED) is 0.750. The highest BCUT2D eigenvalue weighted by molar-refractivity contribution is 5.85. The zero-order valence-corrected chi connectivity index (χ0v) is 12.2. The zero-order chi connectivity index (χ0) is 15.9. The van der Waals surface area contributed by atoms with Crippen LogP contribution in [0.4, 0.5) is 23.7 Å². The van der Waals surface area contributed by atoms with E-state index >= 15 is 0 Å². The fraction of sp³-hybridized carbons (Fsp3) is 0.533. The van der Waals surface area contributed by atoms with Gasteiger partial charge in [-0.15, -0.1) is 0 Å². The van der Waals surface area contributed by atoms with E-state index in [1.54, 1.807) is 6.92 Å². The van der Waals surface area contributed by atoms with Crippen LogP contribution in [0.25, 0.3) is 0 Å². The Morgan fingerprint density at radius 2 is 1.95 bits per heavy atom. The van der Waals surface area contributed by atoms with Crippen LogP contribution in [0.2, 0.25) is 0 Å². The first-order valence-corrected chi connectivity index (χ1v) is 7.02. The van der Waals surface area contributed by atoms with Crippen LogP contribution in [0.1, 0.15) is 44.2 Å². The number of amides is 1. The summed E-state index contributed by atoms with van der Waals surface area (Å²) in [6.45, 7) is 3.88. The molecule has 0 aliphatic heterocycles. The summed E-state index contributed by atoms with van der Waals surface area (Å²) in [4.78, 5) is 11.4. The number of unbranched alkanes of at least 4 members (excludes halogenated alkanes) is 2. The highest BCUT2D eigenvalue weighted by Crippen LogP contribution is 2.32. The van der Waals surface area contributed by atoms with Crippen LogP contribution in [0.3, 0.4) is 0 Å². The molecule has 0 aliphatic rings. The third-order valence-corrected chi connectivity index (χ3v) is 2.99. The lowest BCUT2D eigenvalue weighted by atomic mass is 10.0. The molecular weight excluding hydrogens is 283 g/mol. The van der Waals surface area contributed by atoms with Gasteiger partial charge in [0.05, 0.1) is 12.2 Å². The Hall–Kier alpha value is -1.72. The van der Waals surface area contributed by atoms with Gasteiger partial charge in [0.25, 0.3) is 0 Å². The minimum absolute atomic E-state index is 0.206. The summed E-state index contributed by atoms with van der Waals surface area (Å²) in [5.41, 5.74) is 0.146. The summed E-state index contributed by atoms with van der Waals surface area (Å²) in [6, 6.07) is 3.34. The molecule has 118 valence electrons. The highest BCUT2D eigenvalue weighted by Gasteiger charge is 2.31. The largest absolute Gasteiger partial charge is 0.450 e. The van der Waals surface area contributed by atoms with Crippen LogP contribution in [-0.4, -0.2) is 12.7 Å². The molecule has 1 aromatic carbocycles. The second kappa shape index (κ2) is 7.90. The molecule has 1 amide bonds. The third-order valence-electron chi connectivity index (χ3n) is 2.99. The van der Waals surface area contributed by atoms with E-state index in [4.69, 9.17) is 4.74 Å². The van der Waals surface area contributed by atoms with Crippen LogP contribution < -0.4 is 5.32 Å². The molecule has 3 nitrogen and oxygen atoms in total. The van der Waals surface area contributed by atoms with Crippen molar-refractivity contribution in [2.24, 2.45) is 0 Å². The number of carbonyl (C=O) groups excluding carboxylic acids is 1. The molecule has 21 heavy (non-hydrogen) atoms. The molecule has 0 fully saturated rings. The number of aryl methyl sites for hydroxylation is 1. The van der Waals surface area contributed by atoms with E-state index in [0.29, 0.717) is 17.7 Å². The summed E-state index contributed by atoms with van der Waals surface area (Å²) in [6.07, 6.45) is -1.89. The molecule has 6 heteroatoms. The van der Waals surface area contributed by atoms with Crippen LogP contribution in [0, 0.1) is 0 Å².